The number of carbonyl (C=O) groups is 1. The molecule has 1 saturated heterocycles. The molecule has 4 nitrogen and oxygen atoms in total. The van der Waals surface area contributed by atoms with Crippen LogP contribution in [0.5, 0.6) is 0 Å². The smallest absolute Gasteiger partial charge is 0.225 e. The molecule has 2 rings (SSSR count). The van der Waals surface area contributed by atoms with Crippen LogP contribution in [0.1, 0.15) is 30.5 Å². The highest BCUT2D eigenvalue weighted by Crippen LogP contribution is 2.17. The van der Waals surface area contributed by atoms with E-state index in [9.17, 15) is 4.79 Å². The van der Waals surface area contributed by atoms with Crippen molar-refractivity contribution < 1.29 is 9.53 Å². The lowest BCUT2D eigenvalue weighted by Crippen LogP contribution is -2.33. The Hall–Kier alpha value is -1.83. The Morgan fingerprint density at radius 3 is 2.85 bits per heavy atom. The molecule has 106 valence electrons. The van der Waals surface area contributed by atoms with E-state index < -0.39 is 0 Å². The molecule has 4 heteroatoms. The molecular formula is C16H20N2O2. The zero-order valence-electron chi connectivity index (χ0n) is 11.7. The molecule has 1 heterocycles. The Morgan fingerprint density at radius 2 is 2.25 bits per heavy atom. The van der Waals surface area contributed by atoms with Crippen molar-refractivity contribution in [2.75, 3.05) is 19.8 Å². The largest absolute Gasteiger partial charge is 0.381 e. The number of benzene rings is 1. The van der Waals surface area contributed by atoms with E-state index in [0.29, 0.717) is 19.8 Å². The molecule has 20 heavy (non-hydrogen) atoms. The van der Waals surface area contributed by atoms with Gasteiger partial charge in [-0.05, 0) is 31.0 Å². The van der Waals surface area contributed by atoms with E-state index in [0.717, 1.165) is 17.5 Å². The highest BCUT2D eigenvalue weighted by Gasteiger charge is 2.24. The Labute approximate surface area is 119 Å². The summed E-state index contributed by atoms with van der Waals surface area (Å²) in [6.45, 7) is 3.55. The van der Waals surface area contributed by atoms with Gasteiger partial charge in [0.25, 0.3) is 0 Å². The lowest BCUT2D eigenvalue weighted by Gasteiger charge is -2.16. The first-order valence-corrected chi connectivity index (χ1v) is 6.87. The van der Waals surface area contributed by atoms with Crippen LogP contribution < -0.4 is 11.1 Å². The van der Waals surface area contributed by atoms with Crippen molar-refractivity contribution in [3.8, 4) is 11.8 Å². The molecule has 0 radical (unpaired) electrons. The second-order valence-corrected chi connectivity index (χ2v) is 4.92. The number of rotatable bonds is 3. The third kappa shape index (κ3) is 3.83. The summed E-state index contributed by atoms with van der Waals surface area (Å²) in [7, 11) is 0. The van der Waals surface area contributed by atoms with Gasteiger partial charge in [-0.1, -0.05) is 24.0 Å². The summed E-state index contributed by atoms with van der Waals surface area (Å²) in [4.78, 5) is 12.0. The maximum Gasteiger partial charge on any atom is 0.225 e. The van der Waals surface area contributed by atoms with Gasteiger partial charge in [0.1, 0.15) is 0 Å². The molecule has 2 atom stereocenters. The Kier molecular flexibility index (Phi) is 5.16. The number of nitrogens with two attached hydrogens (primary N) is 1. The van der Waals surface area contributed by atoms with Gasteiger partial charge in [0.05, 0.1) is 25.1 Å². The van der Waals surface area contributed by atoms with Crippen molar-refractivity contribution >= 4 is 5.91 Å². The molecule has 0 spiro atoms. The van der Waals surface area contributed by atoms with Crippen LogP contribution in [0.4, 0.5) is 0 Å². The van der Waals surface area contributed by atoms with E-state index >= 15 is 0 Å². The number of amides is 1. The number of nitrogens with one attached hydrogen (secondary N) is 1. The highest BCUT2D eigenvalue weighted by molar-refractivity contribution is 5.79. The SMILES string of the molecule is CC(NC(=O)C1CCOC1)c1ccc(C#CCN)cc1. The van der Waals surface area contributed by atoms with Crippen LogP contribution in [0.15, 0.2) is 24.3 Å². The van der Waals surface area contributed by atoms with Crippen molar-refractivity contribution in [1.82, 2.24) is 5.32 Å². The topological polar surface area (TPSA) is 64.3 Å². The molecule has 0 aromatic heterocycles. The fourth-order valence-electron chi connectivity index (χ4n) is 2.16. The lowest BCUT2D eigenvalue weighted by molar-refractivity contribution is -0.125. The maximum atomic E-state index is 12.0. The van der Waals surface area contributed by atoms with Crippen LogP contribution in [0.25, 0.3) is 0 Å². The summed E-state index contributed by atoms with van der Waals surface area (Å²) >= 11 is 0. The third-order valence-corrected chi connectivity index (χ3v) is 3.40. The van der Waals surface area contributed by atoms with Crippen molar-refractivity contribution in [3.05, 3.63) is 35.4 Å². The average Bonchev–Trinajstić information content (AvgIpc) is 3.00. The van der Waals surface area contributed by atoms with E-state index in [-0.39, 0.29) is 17.9 Å². The monoisotopic (exact) mass is 272 g/mol. The second-order valence-electron chi connectivity index (χ2n) is 4.92. The van der Waals surface area contributed by atoms with Gasteiger partial charge >= 0.3 is 0 Å². The normalized spacial score (nSPS) is 19.0. The predicted molar refractivity (Wildman–Crippen MR) is 77.9 cm³/mol. The van der Waals surface area contributed by atoms with Crippen LogP contribution in [0.2, 0.25) is 0 Å². The summed E-state index contributed by atoms with van der Waals surface area (Å²) in [5.41, 5.74) is 7.34. The lowest BCUT2D eigenvalue weighted by atomic mass is 10.0. The van der Waals surface area contributed by atoms with Crippen LogP contribution in [-0.2, 0) is 9.53 Å². The molecule has 0 saturated carbocycles. The standard InChI is InChI=1S/C16H20N2O2/c1-12(18-16(19)15-8-10-20-11-15)14-6-4-13(5-7-14)3-2-9-17/h4-7,12,15H,8-11,17H2,1H3,(H,18,19). The van der Waals surface area contributed by atoms with Gasteiger partial charge in [0, 0.05) is 12.2 Å². The molecule has 1 aromatic rings. The summed E-state index contributed by atoms with van der Waals surface area (Å²) in [5.74, 6) is 5.86. The molecule has 1 aliphatic rings. The number of carbonyl (C=O) groups excluding carboxylic acids is 1. The van der Waals surface area contributed by atoms with Gasteiger partial charge in [-0.2, -0.15) is 0 Å². The molecule has 3 N–H and O–H groups in total. The number of hydrogen-bond donors (Lipinski definition) is 2. The van der Waals surface area contributed by atoms with Gasteiger partial charge in [-0.3, -0.25) is 4.79 Å². The Bertz CT molecular complexity index is 508. The molecular weight excluding hydrogens is 252 g/mol. The zero-order chi connectivity index (χ0) is 14.4. The second kappa shape index (κ2) is 7.09. The van der Waals surface area contributed by atoms with Crippen molar-refractivity contribution in [1.29, 1.82) is 0 Å². The highest BCUT2D eigenvalue weighted by atomic mass is 16.5. The fraction of sp³-hybridized carbons (Fsp3) is 0.438. The maximum absolute atomic E-state index is 12.0. The number of ether oxygens (including phenoxy) is 1. The van der Waals surface area contributed by atoms with Crippen LogP contribution in [-0.4, -0.2) is 25.7 Å². The van der Waals surface area contributed by atoms with E-state index in [1.807, 2.05) is 31.2 Å². The minimum Gasteiger partial charge on any atom is -0.381 e. The van der Waals surface area contributed by atoms with Gasteiger partial charge in [-0.25, -0.2) is 0 Å². The molecule has 2 unspecified atom stereocenters. The van der Waals surface area contributed by atoms with Gasteiger partial charge in [0.15, 0.2) is 0 Å². The zero-order valence-corrected chi connectivity index (χ0v) is 11.7. The quantitative estimate of drug-likeness (QED) is 0.813. The van der Waals surface area contributed by atoms with E-state index in [4.69, 9.17) is 10.5 Å². The minimum atomic E-state index is -0.0142. The van der Waals surface area contributed by atoms with Crippen molar-refractivity contribution in [2.24, 2.45) is 11.7 Å². The Morgan fingerprint density at radius 1 is 1.50 bits per heavy atom. The number of hydrogen-bond acceptors (Lipinski definition) is 3. The Balaban J connectivity index is 1.94. The predicted octanol–water partition coefficient (Wildman–Crippen LogP) is 1.21. The van der Waals surface area contributed by atoms with E-state index in [2.05, 4.69) is 17.2 Å². The summed E-state index contributed by atoms with van der Waals surface area (Å²) in [6.07, 6.45) is 0.812. The average molecular weight is 272 g/mol. The molecule has 0 aliphatic carbocycles. The molecule has 1 aliphatic heterocycles. The summed E-state index contributed by atoms with van der Waals surface area (Å²) in [6, 6.07) is 7.84. The van der Waals surface area contributed by atoms with Crippen LogP contribution in [0.3, 0.4) is 0 Å². The van der Waals surface area contributed by atoms with Gasteiger partial charge < -0.3 is 15.8 Å². The first kappa shape index (κ1) is 14.6. The third-order valence-electron chi connectivity index (χ3n) is 3.40. The van der Waals surface area contributed by atoms with E-state index in [1.54, 1.807) is 0 Å². The first-order chi connectivity index (χ1) is 9.70. The molecule has 1 fully saturated rings. The van der Waals surface area contributed by atoms with Crippen LogP contribution >= 0.6 is 0 Å². The van der Waals surface area contributed by atoms with Crippen molar-refractivity contribution in [2.45, 2.75) is 19.4 Å². The first-order valence-electron chi connectivity index (χ1n) is 6.87. The van der Waals surface area contributed by atoms with Gasteiger partial charge in [-0.15, -0.1) is 0 Å². The van der Waals surface area contributed by atoms with Crippen molar-refractivity contribution in [3.63, 3.8) is 0 Å². The fourth-order valence-corrected chi connectivity index (χ4v) is 2.16. The summed E-state index contributed by atoms with van der Waals surface area (Å²) in [5, 5.41) is 3.03. The van der Waals surface area contributed by atoms with Gasteiger partial charge in [0.2, 0.25) is 5.91 Å². The van der Waals surface area contributed by atoms with E-state index in [1.165, 1.54) is 0 Å². The molecule has 1 amide bonds. The molecule has 0 bridgehead atoms. The minimum absolute atomic E-state index is 0.00727. The van der Waals surface area contributed by atoms with Crippen LogP contribution in [0, 0.1) is 17.8 Å². The molecule has 1 aromatic carbocycles. The summed E-state index contributed by atoms with van der Waals surface area (Å²) < 4.78 is 5.23.